The Balaban J connectivity index is 1.99. The lowest BCUT2D eigenvalue weighted by Gasteiger charge is -2.11. The van der Waals surface area contributed by atoms with Gasteiger partial charge in [-0.3, -0.25) is 4.79 Å². The van der Waals surface area contributed by atoms with Crippen LogP contribution in [0.5, 0.6) is 0 Å². The zero-order valence-corrected chi connectivity index (χ0v) is 14.4. The number of carbonyl (C=O) groups is 1. The number of aliphatic hydroxyl groups is 1. The van der Waals surface area contributed by atoms with Crippen LogP contribution in [0.4, 0.5) is 4.39 Å². The predicted molar refractivity (Wildman–Crippen MR) is 90.2 cm³/mol. The molecule has 7 heteroatoms. The fraction of sp³-hybridized carbons (Fsp3) is 0.412. The highest BCUT2D eigenvalue weighted by molar-refractivity contribution is 7.99. The number of aliphatic hydroxyl groups excluding tert-OH is 1. The maximum atomic E-state index is 13.9. The van der Waals surface area contributed by atoms with E-state index in [-0.39, 0.29) is 18.4 Å². The third-order valence-electron chi connectivity index (χ3n) is 3.41. The molecule has 0 fully saturated rings. The van der Waals surface area contributed by atoms with Crippen LogP contribution in [0.1, 0.15) is 31.0 Å². The number of imidazole rings is 1. The van der Waals surface area contributed by atoms with E-state index in [1.54, 1.807) is 35.9 Å². The van der Waals surface area contributed by atoms with Gasteiger partial charge in [-0.15, -0.1) is 0 Å². The SMILES string of the molecule is CCOC(=O)CCCSc1ncc(CO)n1Cc1ccccc1F. The molecule has 5 nitrogen and oxygen atoms in total. The average molecular weight is 352 g/mol. The quantitative estimate of drug-likeness (QED) is 0.427. The summed E-state index contributed by atoms with van der Waals surface area (Å²) in [5.41, 5.74) is 1.17. The van der Waals surface area contributed by atoms with Crippen LogP contribution < -0.4 is 0 Å². The zero-order chi connectivity index (χ0) is 17.4. The summed E-state index contributed by atoms with van der Waals surface area (Å²) >= 11 is 1.48. The van der Waals surface area contributed by atoms with Crippen LogP contribution in [0, 0.1) is 5.82 Å². The number of halogens is 1. The van der Waals surface area contributed by atoms with E-state index in [1.807, 2.05) is 0 Å². The summed E-state index contributed by atoms with van der Waals surface area (Å²) < 4.78 is 20.5. The number of hydrogen-bond donors (Lipinski definition) is 1. The van der Waals surface area contributed by atoms with E-state index < -0.39 is 0 Å². The Kier molecular flexibility index (Phi) is 7.27. The third-order valence-corrected chi connectivity index (χ3v) is 4.49. The van der Waals surface area contributed by atoms with Gasteiger partial charge in [0.15, 0.2) is 5.16 Å². The number of esters is 1. The molecular formula is C17H21FN2O3S. The van der Waals surface area contributed by atoms with Crippen molar-refractivity contribution >= 4 is 17.7 Å². The van der Waals surface area contributed by atoms with Crippen LogP contribution in [-0.4, -0.2) is 33.0 Å². The summed E-state index contributed by atoms with van der Waals surface area (Å²) in [7, 11) is 0. The number of ether oxygens (including phenoxy) is 1. The average Bonchev–Trinajstić information content (AvgIpc) is 2.96. The topological polar surface area (TPSA) is 64.3 Å². The molecule has 1 aromatic carbocycles. The number of carbonyl (C=O) groups excluding carboxylic acids is 1. The van der Waals surface area contributed by atoms with Crippen molar-refractivity contribution in [3.63, 3.8) is 0 Å². The van der Waals surface area contributed by atoms with Crippen LogP contribution in [0.2, 0.25) is 0 Å². The predicted octanol–water partition coefficient (Wildman–Crippen LogP) is 3.00. The van der Waals surface area contributed by atoms with E-state index in [0.29, 0.717) is 48.2 Å². The van der Waals surface area contributed by atoms with Gasteiger partial charge in [0.05, 0.1) is 31.6 Å². The summed E-state index contributed by atoms with van der Waals surface area (Å²) in [4.78, 5) is 15.6. The molecule has 2 aromatic rings. The molecule has 0 aliphatic rings. The molecule has 24 heavy (non-hydrogen) atoms. The molecule has 1 aromatic heterocycles. The number of thioether (sulfide) groups is 1. The van der Waals surface area contributed by atoms with Gasteiger partial charge < -0.3 is 14.4 Å². The first-order valence-electron chi connectivity index (χ1n) is 7.82. The fourth-order valence-electron chi connectivity index (χ4n) is 2.21. The molecule has 0 bridgehead atoms. The molecule has 0 radical (unpaired) electrons. The minimum Gasteiger partial charge on any atom is -0.466 e. The van der Waals surface area contributed by atoms with Gasteiger partial charge in [0.25, 0.3) is 0 Å². The standard InChI is InChI=1S/C17H21FN2O3S/c1-2-23-16(22)8-5-9-24-17-19-10-14(12-21)20(17)11-13-6-3-4-7-15(13)18/h3-4,6-7,10,21H,2,5,8-9,11-12H2,1H3. The van der Waals surface area contributed by atoms with Crippen molar-refractivity contribution in [2.75, 3.05) is 12.4 Å². The fourth-order valence-corrected chi connectivity index (χ4v) is 3.15. The lowest BCUT2D eigenvalue weighted by molar-refractivity contribution is -0.143. The van der Waals surface area contributed by atoms with Crippen LogP contribution in [0.15, 0.2) is 35.6 Å². The molecule has 0 aliphatic carbocycles. The molecule has 0 saturated heterocycles. The monoisotopic (exact) mass is 352 g/mol. The van der Waals surface area contributed by atoms with Gasteiger partial charge in [0, 0.05) is 17.7 Å². The lowest BCUT2D eigenvalue weighted by atomic mass is 10.2. The summed E-state index contributed by atoms with van der Waals surface area (Å²) in [5.74, 6) is 0.204. The molecule has 2 rings (SSSR count). The van der Waals surface area contributed by atoms with Crippen molar-refractivity contribution in [3.05, 3.63) is 47.5 Å². The maximum absolute atomic E-state index is 13.9. The first kappa shape index (κ1) is 18.5. The van der Waals surface area contributed by atoms with Gasteiger partial charge in [0.1, 0.15) is 5.82 Å². The van der Waals surface area contributed by atoms with Crippen LogP contribution in [0.3, 0.4) is 0 Å². The number of aromatic nitrogens is 2. The van der Waals surface area contributed by atoms with E-state index in [9.17, 15) is 14.3 Å². The summed E-state index contributed by atoms with van der Waals surface area (Å²) in [6.07, 6.45) is 2.63. The third kappa shape index (κ3) is 5.07. The normalized spacial score (nSPS) is 10.8. The van der Waals surface area contributed by atoms with Gasteiger partial charge in [-0.2, -0.15) is 0 Å². The molecule has 0 saturated carbocycles. The molecule has 1 N–H and O–H groups in total. The Hall–Kier alpha value is -1.86. The minimum atomic E-state index is -0.284. The summed E-state index contributed by atoms with van der Waals surface area (Å²) in [6, 6.07) is 6.55. The molecule has 130 valence electrons. The zero-order valence-electron chi connectivity index (χ0n) is 13.6. The van der Waals surface area contributed by atoms with Crippen molar-refractivity contribution in [1.29, 1.82) is 0 Å². The number of rotatable bonds is 9. The van der Waals surface area contributed by atoms with Gasteiger partial charge in [-0.1, -0.05) is 30.0 Å². The first-order chi connectivity index (χ1) is 11.7. The highest BCUT2D eigenvalue weighted by atomic mass is 32.2. The summed E-state index contributed by atoms with van der Waals surface area (Å²) in [5, 5.41) is 10.2. The van der Waals surface area contributed by atoms with E-state index in [4.69, 9.17) is 4.74 Å². The first-order valence-corrected chi connectivity index (χ1v) is 8.81. The minimum absolute atomic E-state index is 0.162. The van der Waals surface area contributed by atoms with Crippen LogP contribution in [-0.2, 0) is 22.7 Å². The number of hydrogen-bond acceptors (Lipinski definition) is 5. The van der Waals surface area contributed by atoms with Gasteiger partial charge in [0.2, 0.25) is 0 Å². The molecule has 0 aliphatic heterocycles. The molecule has 0 amide bonds. The van der Waals surface area contributed by atoms with Crippen LogP contribution >= 0.6 is 11.8 Å². The molecule has 0 spiro atoms. The second-order valence-electron chi connectivity index (χ2n) is 5.12. The molecule has 0 unspecified atom stereocenters. The van der Waals surface area contributed by atoms with Crippen molar-refractivity contribution in [3.8, 4) is 0 Å². The van der Waals surface area contributed by atoms with E-state index >= 15 is 0 Å². The number of nitrogens with zero attached hydrogens (tertiary/aromatic N) is 2. The Morgan fingerprint density at radius 1 is 1.42 bits per heavy atom. The smallest absolute Gasteiger partial charge is 0.305 e. The Morgan fingerprint density at radius 3 is 2.92 bits per heavy atom. The lowest BCUT2D eigenvalue weighted by Crippen LogP contribution is -2.08. The van der Waals surface area contributed by atoms with E-state index in [0.717, 1.165) is 0 Å². The highest BCUT2D eigenvalue weighted by Crippen LogP contribution is 2.22. The summed E-state index contributed by atoms with van der Waals surface area (Å²) in [6.45, 7) is 2.31. The Labute approximate surface area is 144 Å². The van der Waals surface area contributed by atoms with E-state index in [1.165, 1.54) is 17.8 Å². The molecule has 0 atom stereocenters. The van der Waals surface area contributed by atoms with E-state index in [2.05, 4.69) is 4.98 Å². The second kappa shape index (κ2) is 9.44. The molecule has 1 heterocycles. The Bertz CT molecular complexity index is 676. The maximum Gasteiger partial charge on any atom is 0.305 e. The number of benzene rings is 1. The van der Waals surface area contributed by atoms with Crippen molar-refractivity contribution in [2.24, 2.45) is 0 Å². The second-order valence-corrected chi connectivity index (χ2v) is 6.19. The Morgan fingerprint density at radius 2 is 2.21 bits per heavy atom. The van der Waals surface area contributed by atoms with Crippen molar-refractivity contribution < 1.29 is 19.0 Å². The highest BCUT2D eigenvalue weighted by Gasteiger charge is 2.12. The van der Waals surface area contributed by atoms with Gasteiger partial charge in [-0.05, 0) is 19.4 Å². The van der Waals surface area contributed by atoms with Gasteiger partial charge in [-0.25, -0.2) is 9.37 Å². The van der Waals surface area contributed by atoms with Gasteiger partial charge >= 0.3 is 5.97 Å². The van der Waals surface area contributed by atoms with Crippen molar-refractivity contribution in [2.45, 2.75) is 38.1 Å². The van der Waals surface area contributed by atoms with Crippen molar-refractivity contribution in [1.82, 2.24) is 9.55 Å². The molecular weight excluding hydrogens is 331 g/mol. The van der Waals surface area contributed by atoms with Crippen LogP contribution in [0.25, 0.3) is 0 Å². The largest absolute Gasteiger partial charge is 0.466 e.